The summed E-state index contributed by atoms with van der Waals surface area (Å²) in [6.07, 6.45) is 2.86. The van der Waals surface area contributed by atoms with Crippen LogP contribution in [0.1, 0.15) is 34.5 Å². The highest BCUT2D eigenvalue weighted by Crippen LogP contribution is 2.36. The number of hydrogen-bond acceptors (Lipinski definition) is 4. The molecule has 21 heavy (non-hydrogen) atoms. The first-order valence-corrected chi connectivity index (χ1v) is 8.86. The van der Waals surface area contributed by atoms with E-state index in [2.05, 4.69) is 51.9 Å². The molecule has 0 saturated carbocycles. The maximum Gasteiger partial charge on any atom is 0.125 e. The highest BCUT2D eigenvalue weighted by atomic mass is 79.9. The van der Waals surface area contributed by atoms with Crippen molar-refractivity contribution in [1.29, 1.82) is 0 Å². The van der Waals surface area contributed by atoms with Gasteiger partial charge in [0.15, 0.2) is 0 Å². The summed E-state index contributed by atoms with van der Waals surface area (Å²) >= 11 is 5.37. The van der Waals surface area contributed by atoms with Crippen LogP contribution in [-0.2, 0) is 19.3 Å². The number of halogens is 1. The summed E-state index contributed by atoms with van der Waals surface area (Å²) in [5.41, 5.74) is 6.86. The summed E-state index contributed by atoms with van der Waals surface area (Å²) in [6.45, 7) is 2.96. The lowest BCUT2D eigenvalue weighted by Crippen LogP contribution is -2.29. The van der Waals surface area contributed by atoms with Crippen molar-refractivity contribution in [2.45, 2.75) is 32.2 Å². The molecule has 3 nitrogen and oxygen atoms in total. The molecule has 0 aliphatic carbocycles. The predicted octanol–water partition coefficient (Wildman–Crippen LogP) is 3.76. The molecular weight excluding hydrogens is 348 g/mol. The lowest BCUT2D eigenvalue weighted by molar-refractivity contribution is 0.351. The summed E-state index contributed by atoms with van der Waals surface area (Å²) in [6, 6.07) is 6.61. The van der Waals surface area contributed by atoms with Crippen LogP contribution in [0.15, 0.2) is 28.1 Å². The summed E-state index contributed by atoms with van der Waals surface area (Å²) < 4.78 is 6.93. The average Bonchev–Trinajstić information content (AvgIpc) is 3.12. The molecular formula is C16H19BrN2OS. The highest BCUT2D eigenvalue weighted by Gasteiger charge is 2.22. The zero-order chi connectivity index (χ0) is 14.8. The molecule has 0 saturated heterocycles. The summed E-state index contributed by atoms with van der Waals surface area (Å²) in [5.74, 6) is 6.87. The maximum atomic E-state index is 5.82. The Balaban J connectivity index is 1.92. The molecule has 0 amide bonds. The van der Waals surface area contributed by atoms with Crippen LogP contribution in [0, 0.1) is 0 Å². The molecule has 0 radical (unpaired) electrons. The Bertz CT molecular complexity index is 641. The van der Waals surface area contributed by atoms with Crippen LogP contribution in [-0.4, -0.2) is 6.61 Å². The van der Waals surface area contributed by atoms with E-state index in [1.54, 1.807) is 11.3 Å². The van der Waals surface area contributed by atoms with Crippen LogP contribution in [0.4, 0.5) is 0 Å². The van der Waals surface area contributed by atoms with Crippen LogP contribution in [0.2, 0.25) is 0 Å². The Labute approximate surface area is 137 Å². The minimum absolute atomic E-state index is 0.127. The lowest BCUT2D eigenvalue weighted by Gasteiger charge is -2.18. The topological polar surface area (TPSA) is 47.3 Å². The van der Waals surface area contributed by atoms with Crippen molar-refractivity contribution in [2.75, 3.05) is 6.61 Å². The Morgan fingerprint density at radius 1 is 1.43 bits per heavy atom. The number of nitrogens with one attached hydrogen (secondary N) is 1. The van der Waals surface area contributed by atoms with Gasteiger partial charge in [0.1, 0.15) is 5.75 Å². The number of thiophene rings is 1. The van der Waals surface area contributed by atoms with Gasteiger partial charge in [0.05, 0.1) is 12.6 Å². The third kappa shape index (κ3) is 3.01. The number of fused-ring (bicyclic) bond motifs is 1. The van der Waals surface area contributed by atoms with Gasteiger partial charge in [-0.15, -0.1) is 11.3 Å². The van der Waals surface area contributed by atoms with Crippen LogP contribution < -0.4 is 16.0 Å². The minimum atomic E-state index is 0.127. The van der Waals surface area contributed by atoms with Gasteiger partial charge in [0.25, 0.3) is 0 Å². The number of nitrogens with two attached hydrogens (primary N) is 1. The molecule has 2 aromatic rings. The number of hydrogen-bond donors (Lipinski definition) is 2. The van der Waals surface area contributed by atoms with E-state index in [0.717, 1.165) is 36.1 Å². The normalized spacial score (nSPS) is 14.8. The number of benzene rings is 1. The van der Waals surface area contributed by atoms with E-state index >= 15 is 0 Å². The quantitative estimate of drug-likeness (QED) is 0.625. The Morgan fingerprint density at radius 2 is 2.29 bits per heavy atom. The number of aryl methyl sites for hydroxylation is 1. The van der Waals surface area contributed by atoms with Crippen molar-refractivity contribution < 1.29 is 4.74 Å². The SMILES string of the molecule is CCc1ccsc1C(Cc1cc(Br)cc2c1OCC2)NN. The van der Waals surface area contributed by atoms with Gasteiger partial charge in [-0.3, -0.25) is 11.3 Å². The molecule has 0 bridgehead atoms. The van der Waals surface area contributed by atoms with Crippen molar-refractivity contribution >= 4 is 27.3 Å². The van der Waals surface area contributed by atoms with Gasteiger partial charge in [-0.1, -0.05) is 22.9 Å². The van der Waals surface area contributed by atoms with E-state index in [-0.39, 0.29) is 6.04 Å². The van der Waals surface area contributed by atoms with Crippen molar-refractivity contribution in [3.63, 3.8) is 0 Å². The summed E-state index contributed by atoms with van der Waals surface area (Å²) in [5, 5.41) is 2.14. The second-order valence-corrected chi connectivity index (χ2v) is 7.10. The lowest BCUT2D eigenvalue weighted by atomic mass is 9.99. The van der Waals surface area contributed by atoms with Gasteiger partial charge < -0.3 is 4.74 Å². The zero-order valence-electron chi connectivity index (χ0n) is 12.0. The first kappa shape index (κ1) is 15.0. The van der Waals surface area contributed by atoms with E-state index in [1.807, 2.05) is 0 Å². The maximum absolute atomic E-state index is 5.82. The number of hydrazine groups is 1. The fourth-order valence-electron chi connectivity index (χ4n) is 2.89. The predicted molar refractivity (Wildman–Crippen MR) is 90.8 cm³/mol. The van der Waals surface area contributed by atoms with Gasteiger partial charge in [0.2, 0.25) is 0 Å². The first-order valence-electron chi connectivity index (χ1n) is 7.19. The first-order chi connectivity index (χ1) is 10.2. The molecule has 3 N–H and O–H groups in total. The molecule has 5 heteroatoms. The van der Waals surface area contributed by atoms with Gasteiger partial charge in [-0.05, 0) is 53.1 Å². The molecule has 2 heterocycles. The van der Waals surface area contributed by atoms with E-state index < -0.39 is 0 Å². The molecule has 1 atom stereocenters. The highest BCUT2D eigenvalue weighted by molar-refractivity contribution is 9.10. The molecule has 1 aromatic carbocycles. The second-order valence-electron chi connectivity index (χ2n) is 5.24. The smallest absolute Gasteiger partial charge is 0.125 e. The third-order valence-electron chi connectivity index (χ3n) is 3.93. The average molecular weight is 367 g/mol. The van der Waals surface area contributed by atoms with Gasteiger partial charge in [-0.2, -0.15) is 0 Å². The standard InChI is InChI=1S/C16H19BrN2OS/c1-2-10-4-6-21-16(10)14(19-18)9-12-8-13(17)7-11-3-5-20-15(11)12/h4,6-8,14,19H,2-3,5,9,18H2,1H3. The van der Waals surface area contributed by atoms with Crippen molar-refractivity contribution in [3.05, 3.63) is 49.6 Å². The molecule has 3 rings (SSSR count). The van der Waals surface area contributed by atoms with Gasteiger partial charge in [-0.25, -0.2) is 0 Å². The van der Waals surface area contributed by atoms with Gasteiger partial charge in [0, 0.05) is 15.8 Å². The molecule has 1 unspecified atom stereocenters. The largest absolute Gasteiger partial charge is 0.493 e. The van der Waals surface area contributed by atoms with E-state index in [0.29, 0.717) is 0 Å². The fourth-order valence-corrected chi connectivity index (χ4v) is 4.50. The molecule has 112 valence electrons. The Hall–Kier alpha value is -0.880. The van der Waals surface area contributed by atoms with E-state index in [4.69, 9.17) is 10.6 Å². The summed E-state index contributed by atoms with van der Waals surface area (Å²) in [4.78, 5) is 1.33. The molecule has 1 aromatic heterocycles. The fraction of sp³-hybridized carbons (Fsp3) is 0.375. The summed E-state index contributed by atoms with van der Waals surface area (Å²) in [7, 11) is 0. The van der Waals surface area contributed by atoms with Crippen molar-refractivity contribution in [2.24, 2.45) is 5.84 Å². The monoisotopic (exact) mass is 366 g/mol. The van der Waals surface area contributed by atoms with Crippen molar-refractivity contribution in [3.8, 4) is 5.75 Å². The minimum Gasteiger partial charge on any atom is -0.493 e. The third-order valence-corrected chi connectivity index (χ3v) is 5.46. The zero-order valence-corrected chi connectivity index (χ0v) is 14.4. The molecule has 1 aliphatic rings. The van der Waals surface area contributed by atoms with Crippen LogP contribution in [0.25, 0.3) is 0 Å². The molecule has 0 fully saturated rings. The van der Waals surface area contributed by atoms with Gasteiger partial charge >= 0.3 is 0 Å². The van der Waals surface area contributed by atoms with Crippen LogP contribution in [0.5, 0.6) is 5.75 Å². The Morgan fingerprint density at radius 3 is 3.05 bits per heavy atom. The van der Waals surface area contributed by atoms with Crippen LogP contribution >= 0.6 is 27.3 Å². The van der Waals surface area contributed by atoms with E-state index in [1.165, 1.54) is 21.6 Å². The van der Waals surface area contributed by atoms with E-state index in [9.17, 15) is 0 Å². The Kier molecular flexibility index (Phi) is 4.64. The molecule has 1 aliphatic heterocycles. The van der Waals surface area contributed by atoms with Crippen molar-refractivity contribution in [1.82, 2.24) is 5.43 Å². The molecule has 0 spiro atoms. The number of ether oxygens (including phenoxy) is 1. The second kappa shape index (κ2) is 6.48. The number of rotatable bonds is 5. The van der Waals surface area contributed by atoms with Crippen LogP contribution in [0.3, 0.4) is 0 Å².